The number of hydrogen-bond donors (Lipinski definition) is 2. The molecule has 20 heavy (non-hydrogen) atoms. The van der Waals surface area contributed by atoms with Crippen LogP contribution in [0.5, 0.6) is 0 Å². The van der Waals surface area contributed by atoms with Gasteiger partial charge in [-0.3, -0.25) is 4.79 Å². The maximum atomic E-state index is 10.5. The first-order chi connectivity index (χ1) is 9.51. The van der Waals surface area contributed by atoms with Crippen molar-refractivity contribution in [3.05, 3.63) is 11.1 Å². The zero-order chi connectivity index (χ0) is 15.0. The summed E-state index contributed by atoms with van der Waals surface area (Å²) < 4.78 is 11.1. The van der Waals surface area contributed by atoms with Crippen LogP contribution in [0.3, 0.4) is 0 Å². The molecule has 0 fully saturated rings. The van der Waals surface area contributed by atoms with Gasteiger partial charge in [0.15, 0.2) is 0 Å². The van der Waals surface area contributed by atoms with Crippen molar-refractivity contribution in [3.63, 3.8) is 0 Å². The van der Waals surface area contributed by atoms with Crippen LogP contribution in [-0.4, -0.2) is 59.5 Å². The van der Waals surface area contributed by atoms with Crippen LogP contribution in [-0.2, 0) is 20.7 Å². The molecule has 114 valence electrons. The molecule has 8 heteroatoms. The minimum absolute atomic E-state index is 0.0540. The van der Waals surface area contributed by atoms with Crippen molar-refractivity contribution in [2.75, 3.05) is 26.1 Å². The molecule has 2 atom stereocenters. The van der Waals surface area contributed by atoms with E-state index in [0.717, 1.165) is 4.34 Å². The first-order valence-corrected chi connectivity index (χ1v) is 7.95. The normalized spacial score (nSPS) is 14.2. The largest absolute Gasteiger partial charge is 0.481 e. The van der Waals surface area contributed by atoms with Crippen molar-refractivity contribution in [1.82, 2.24) is 4.98 Å². The van der Waals surface area contributed by atoms with Gasteiger partial charge >= 0.3 is 5.97 Å². The van der Waals surface area contributed by atoms with Crippen LogP contribution in [0.1, 0.15) is 12.6 Å². The molecule has 0 aromatic carbocycles. The quantitative estimate of drug-likeness (QED) is 0.627. The van der Waals surface area contributed by atoms with Crippen molar-refractivity contribution >= 4 is 29.1 Å². The molecule has 1 heterocycles. The fourth-order valence-corrected chi connectivity index (χ4v) is 3.14. The monoisotopic (exact) mass is 321 g/mol. The molecule has 1 rings (SSSR count). The summed E-state index contributed by atoms with van der Waals surface area (Å²) in [5.41, 5.74) is 0.546. The molecule has 0 aliphatic carbocycles. The lowest BCUT2D eigenvalue weighted by atomic mass is 10.3. The standard InChI is InChI=1S/C12H19NO5S2/c1-8(4-17-2)18-5-10(14)7-20-12-13-9(6-19-12)3-11(15)16/h6,8,10,14H,3-5,7H2,1-2H3,(H,15,16). The number of rotatable bonds is 10. The number of hydrogen-bond acceptors (Lipinski definition) is 7. The second kappa shape index (κ2) is 9.30. The number of methoxy groups -OCH3 is 1. The maximum Gasteiger partial charge on any atom is 0.309 e. The van der Waals surface area contributed by atoms with E-state index in [2.05, 4.69) is 4.98 Å². The van der Waals surface area contributed by atoms with Gasteiger partial charge in [-0.15, -0.1) is 11.3 Å². The molecule has 1 aromatic heterocycles. The Kier molecular flexibility index (Phi) is 8.08. The Morgan fingerprint density at radius 2 is 2.30 bits per heavy atom. The highest BCUT2D eigenvalue weighted by Gasteiger charge is 2.11. The maximum absolute atomic E-state index is 10.5. The van der Waals surface area contributed by atoms with Gasteiger partial charge in [0.1, 0.15) is 4.34 Å². The number of nitrogens with zero attached hydrogens (tertiary/aromatic N) is 1. The van der Waals surface area contributed by atoms with Crippen molar-refractivity contribution in [2.45, 2.75) is 29.9 Å². The number of carboxylic acid groups (broad SMARTS) is 1. The lowest BCUT2D eigenvalue weighted by Crippen LogP contribution is -2.24. The van der Waals surface area contributed by atoms with Crippen molar-refractivity contribution in [3.8, 4) is 0 Å². The molecule has 2 N–H and O–H groups in total. The van der Waals surface area contributed by atoms with Gasteiger partial charge in [0, 0.05) is 18.2 Å². The summed E-state index contributed by atoms with van der Waals surface area (Å²) in [5.74, 6) is -0.438. The third-order valence-corrected chi connectivity index (χ3v) is 4.45. The Morgan fingerprint density at radius 3 is 2.95 bits per heavy atom. The number of thioether (sulfide) groups is 1. The number of carbonyl (C=O) groups is 1. The van der Waals surface area contributed by atoms with Crippen LogP contribution in [0.4, 0.5) is 0 Å². The van der Waals surface area contributed by atoms with Gasteiger partial charge in [0.25, 0.3) is 0 Å². The van der Waals surface area contributed by atoms with E-state index >= 15 is 0 Å². The van der Waals surface area contributed by atoms with E-state index in [9.17, 15) is 9.90 Å². The lowest BCUT2D eigenvalue weighted by molar-refractivity contribution is -0.136. The van der Waals surface area contributed by atoms with Crippen molar-refractivity contribution < 1.29 is 24.5 Å². The average molecular weight is 321 g/mol. The van der Waals surface area contributed by atoms with E-state index in [1.165, 1.54) is 23.1 Å². The van der Waals surface area contributed by atoms with E-state index in [0.29, 0.717) is 18.1 Å². The van der Waals surface area contributed by atoms with Gasteiger partial charge in [-0.1, -0.05) is 11.8 Å². The summed E-state index contributed by atoms with van der Waals surface area (Å²) >= 11 is 2.78. The Bertz CT molecular complexity index is 412. The van der Waals surface area contributed by atoms with E-state index < -0.39 is 12.1 Å². The van der Waals surface area contributed by atoms with E-state index in [1.807, 2.05) is 6.92 Å². The Balaban J connectivity index is 2.25. The van der Waals surface area contributed by atoms with Gasteiger partial charge < -0.3 is 19.7 Å². The molecule has 0 aliphatic heterocycles. The predicted molar refractivity (Wildman–Crippen MR) is 77.5 cm³/mol. The number of aliphatic hydroxyl groups is 1. The number of carboxylic acids is 1. The minimum Gasteiger partial charge on any atom is -0.481 e. The Labute approximate surface area is 126 Å². The molecule has 0 amide bonds. The van der Waals surface area contributed by atoms with Crippen LogP contribution >= 0.6 is 23.1 Å². The highest BCUT2D eigenvalue weighted by molar-refractivity contribution is 8.01. The van der Waals surface area contributed by atoms with Crippen LogP contribution in [0.15, 0.2) is 9.72 Å². The second-order valence-electron chi connectivity index (χ2n) is 4.24. The van der Waals surface area contributed by atoms with E-state index in [-0.39, 0.29) is 19.1 Å². The Hall–Kier alpha value is -0.670. The minimum atomic E-state index is -0.896. The zero-order valence-electron chi connectivity index (χ0n) is 11.4. The number of aliphatic carboxylic acids is 1. The molecule has 0 aliphatic rings. The summed E-state index contributed by atoms with van der Waals surface area (Å²) in [6, 6.07) is 0. The number of thiazole rings is 1. The molecule has 0 saturated carbocycles. The molecule has 0 radical (unpaired) electrons. The fraction of sp³-hybridized carbons (Fsp3) is 0.667. The topological polar surface area (TPSA) is 88.9 Å². The molecule has 2 unspecified atom stereocenters. The number of aromatic nitrogens is 1. The molecule has 6 nitrogen and oxygen atoms in total. The SMILES string of the molecule is COCC(C)OCC(O)CSc1nc(CC(=O)O)cs1. The first kappa shape index (κ1) is 17.4. The third-order valence-electron chi connectivity index (χ3n) is 2.24. The van der Waals surface area contributed by atoms with Crippen LogP contribution in [0.25, 0.3) is 0 Å². The van der Waals surface area contributed by atoms with E-state index in [1.54, 1.807) is 12.5 Å². The smallest absolute Gasteiger partial charge is 0.309 e. The first-order valence-electron chi connectivity index (χ1n) is 6.08. The average Bonchev–Trinajstić information content (AvgIpc) is 2.81. The van der Waals surface area contributed by atoms with Gasteiger partial charge in [-0.25, -0.2) is 4.98 Å². The molecule has 0 spiro atoms. The molecule has 0 bridgehead atoms. The lowest BCUT2D eigenvalue weighted by Gasteiger charge is -2.15. The van der Waals surface area contributed by atoms with Gasteiger partial charge in [0.2, 0.25) is 0 Å². The van der Waals surface area contributed by atoms with Crippen LogP contribution in [0.2, 0.25) is 0 Å². The third kappa shape index (κ3) is 7.20. The highest BCUT2D eigenvalue weighted by Crippen LogP contribution is 2.23. The fourth-order valence-electron chi connectivity index (χ4n) is 1.36. The molecule has 0 saturated heterocycles. The van der Waals surface area contributed by atoms with Gasteiger partial charge in [0.05, 0.1) is 37.5 Å². The molecule has 1 aromatic rings. The summed E-state index contributed by atoms with van der Waals surface area (Å²) in [6.45, 7) is 2.61. The predicted octanol–water partition coefficient (Wildman–Crippen LogP) is 1.27. The molecular formula is C12H19NO5S2. The summed E-state index contributed by atoms with van der Waals surface area (Å²) in [5, 5.41) is 20.1. The van der Waals surface area contributed by atoms with Crippen molar-refractivity contribution in [2.24, 2.45) is 0 Å². The highest BCUT2D eigenvalue weighted by atomic mass is 32.2. The molecular weight excluding hydrogens is 302 g/mol. The van der Waals surface area contributed by atoms with E-state index in [4.69, 9.17) is 14.6 Å². The number of ether oxygens (including phenoxy) is 2. The van der Waals surface area contributed by atoms with Crippen LogP contribution < -0.4 is 0 Å². The summed E-state index contributed by atoms with van der Waals surface area (Å²) in [7, 11) is 1.60. The zero-order valence-corrected chi connectivity index (χ0v) is 13.1. The van der Waals surface area contributed by atoms with Crippen molar-refractivity contribution in [1.29, 1.82) is 0 Å². The van der Waals surface area contributed by atoms with Gasteiger partial charge in [-0.05, 0) is 6.92 Å². The van der Waals surface area contributed by atoms with Gasteiger partial charge in [-0.2, -0.15) is 0 Å². The number of aliphatic hydroxyl groups excluding tert-OH is 1. The summed E-state index contributed by atoms with van der Waals surface area (Å²) in [6.07, 6.45) is -0.718. The van der Waals surface area contributed by atoms with Crippen LogP contribution in [0, 0.1) is 0 Å². The Morgan fingerprint density at radius 1 is 1.55 bits per heavy atom. The summed E-state index contributed by atoms with van der Waals surface area (Å²) in [4.78, 5) is 14.7. The second-order valence-corrected chi connectivity index (χ2v) is 6.36.